The van der Waals surface area contributed by atoms with Crippen molar-refractivity contribution in [1.82, 2.24) is 14.5 Å². The summed E-state index contributed by atoms with van der Waals surface area (Å²) in [6.45, 7) is 5.42. The molecular weight excluding hydrogens is 389 g/mol. The topological polar surface area (TPSA) is 128 Å². The molecule has 0 aliphatic rings. The van der Waals surface area contributed by atoms with Crippen molar-refractivity contribution in [2.45, 2.75) is 50.7 Å². The van der Waals surface area contributed by atoms with E-state index in [0.29, 0.717) is 0 Å². The van der Waals surface area contributed by atoms with E-state index in [1.165, 1.54) is 0 Å². The van der Waals surface area contributed by atoms with Crippen LogP contribution in [0.1, 0.15) is 33.6 Å². The quantitative estimate of drug-likeness (QED) is 0.424. The van der Waals surface area contributed by atoms with Crippen LogP contribution in [0.15, 0.2) is 30.5 Å². The highest BCUT2D eigenvalue weighted by molar-refractivity contribution is 7.91. The zero-order chi connectivity index (χ0) is 20.2. The van der Waals surface area contributed by atoms with Gasteiger partial charge in [-0.2, -0.15) is 5.10 Å². The minimum absolute atomic E-state index is 0.0786. The van der Waals surface area contributed by atoms with E-state index in [2.05, 4.69) is 9.82 Å². The second-order valence-corrected chi connectivity index (χ2v) is 11.9. The van der Waals surface area contributed by atoms with Crippen LogP contribution in [-0.2, 0) is 27.3 Å². The Hall–Kier alpha value is -1.38. The highest BCUT2D eigenvalue weighted by Gasteiger charge is 2.38. The molecule has 0 spiro atoms. The molecule has 0 bridgehead atoms. The zero-order valence-electron chi connectivity index (χ0n) is 15.7. The molecule has 2 rings (SSSR count). The number of aliphatic carboxylic acids is 1. The minimum Gasteiger partial charge on any atom is -0.598 e. The molecule has 0 aliphatic heterocycles. The number of fused-ring (bicyclic) bond motifs is 1. The van der Waals surface area contributed by atoms with Crippen LogP contribution in [0.25, 0.3) is 10.9 Å². The average Bonchev–Trinajstić information content (AvgIpc) is 2.98. The van der Waals surface area contributed by atoms with Crippen LogP contribution < -0.4 is 4.72 Å². The number of nitrogens with one attached hydrogen (secondary N) is 1. The molecule has 3 unspecified atom stereocenters. The number of carboxylic acid groups (broad SMARTS) is 1. The Bertz CT molecular complexity index is 835. The highest BCUT2D eigenvalue weighted by atomic mass is 32.2. The van der Waals surface area contributed by atoms with Crippen LogP contribution in [0.4, 0.5) is 0 Å². The van der Waals surface area contributed by atoms with E-state index in [9.17, 15) is 18.8 Å². The summed E-state index contributed by atoms with van der Waals surface area (Å²) < 4.78 is 29.0. The smallest absolute Gasteiger partial charge is 0.303 e. The lowest BCUT2D eigenvalue weighted by Gasteiger charge is -2.30. The molecule has 1 heterocycles. The van der Waals surface area contributed by atoms with Gasteiger partial charge in [0.1, 0.15) is 10.5 Å². The number of carboxylic acids is 1. The summed E-state index contributed by atoms with van der Waals surface area (Å²) in [6.07, 6.45) is 1.23. The van der Waals surface area contributed by atoms with E-state index in [1.807, 2.05) is 24.3 Å². The maximum atomic E-state index is 12.9. The van der Waals surface area contributed by atoms with Gasteiger partial charge < -0.3 is 14.6 Å². The monoisotopic (exact) mass is 415 g/mol. The summed E-state index contributed by atoms with van der Waals surface area (Å²) in [6, 6.07) is 7.53. The van der Waals surface area contributed by atoms with E-state index >= 15 is 0 Å². The number of hydrogen-bond donors (Lipinski definition) is 3. The number of nitrogens with zero attached hydrogens (tertiary/aromatic N) is 2. The first-order valence-electron chi connectivity index (χ1n) is 8.62. The van der Waals surface area contributed by atoms with Gasteiger partial charge in [-0.1, -0.05) is 18.2 Å². The van der Waals surface area contributed by atoms with Crippen molar-refractivity contribution < 1.29 is 23.9 Å². The number of benzene rings is 1. The molecule has 1 aromatic heterocycles. The van der Waals surface area contributed by atoms with Crippen LogP contribution in [0.3, 0.4) is 0 Å². The Morgan fingerprint density at radius 3 is 2.70 bits per heavy atom. The molecule has 0 saturated heterocycles. The zero-order valence-corrected chi connectivity index (χ0v) is 17.4. The van der Waals surface area contributed by atoms with Gasteiger partial charge in [-0.05, 0) is 33.3 Å². The number of aryl methyl sites for hydroxylation is 1. The maximum absolute atomic E-state index is 12.9. The summed E-state index contributed by atoms with van der Waals surface area (Å²) in [7, 11) is -3.83. The molecule has 27 heavy (non-hydrogen) atoms. The van der Waals surface area contributed by atoms with Gasteiger partial charge in [-0.15, -0.1) is 4.72 Å². The van der Waals surface area contributed by atoms with Crippen molar-refractivity contribution in [3.63, 3.8) is 0 Å². The third-order valence-corrected chi connectivity index (χ3v) is 8.09. The lowest BCUT2D eigenvalue weighted by Crippen LogP contribution is -2.45. The fourth-order valence-corrected chi connectivity index (χ4v) is 5.49. The first-order valence-corrected chi connectivity index (χ1v) is 11.7. The maximum Gasteiger partial charge on any atom is 0.303 e. The van der Waals surface area contributed by atoms with Gasteiger partial charge in [0.2, 0.25) is 7.37 Å². The molecule has 0 radical (unpaired) electrons. The predicted molar refractivity (Wildman–Crippen MR) is 106 cm³/mol. The standard InChI is InChI=1S/C17H26N3O5PS/c1-17(2,3)27(25)19-15(8-9-16(21)22)26(23,24)11-10-20-14-7-5-4-6-13(14)12-18-20/h4-7,12,15,19H,8-11H2,1-3H3,(H,21,22)(H,23,24). The van der Waals surface area contributed by atoms with Crippen molar-refractivity contribution in [3.05, 3.63) is 30.5 Å². The number of aromatic nitrogens is 2. The first kappa shape index (κ1) is 21.9. The molecule has 2 aromatic rings. The van der Waals surface area contributed by atoms with Gasteiger partial charge in [0.05, 0.1) is 18.3 Å². The molecule has 8 nitrogen and oxygen atoms in total. The van der Waals surface area contributed by atoms with E-state index < -0.39 is 35.2 Å². The SMILES string of the molecule is CC(C)(C)[S+]([O-])NC(CCC(=O)O)P(=O)(O)CCn1ncc2ccccc21. The lowest BCUT2D eigenvalue weighted by atomic mass is 10.3. The van der Waals surface area contributed by atoms with Gasteiger partial charge in [0.25, 0.3) is 0 Å². The molecule has 1 aromatic carbocycles. The molecule has 0 fully saturated rings. The number of carbonyl (C=O) groups is 1. The molecule has 0 amide bonds. The van der Waals surface area contributed by atoms with Crippen molar-refractivity contribution in [1.29, 1.82) is 0 Å². The molecule has 150 valence electrons. The Morgan fingerprint density at radius 2 is 2.07 bits per heavy atom. The molecule has 0 saturated carbocycles. The predicted octanol–water partition coefficient (Wildman–Crippen LogP) is 2.55. The summed E-state index contributed by atoms with van der Waals surface area (Å²) in [4.78, 5) is 21.5. The summed E-state index contributed by atoms with van der Waals surface area (Å²) in [5, 5.41) is 14.1. The number of para-hydroxylation sites is 1. The molecular formula is C17H26N3O5PS. The Balaban J connectivity index is 2.13. The van der Waals surface area contributed by atoms with E-state index in [4.69, 9.17) is 5.11 Å². The molecule has 10 heteroatoms. The average molecular weight is 415 g/mol. The van der Waals surface area contributed by atoms with Crippen LogP contribution in [-0.4, -0.2) is 47.0 Å². The van der Waals surface area contributed by atoms with Gasteiger partial charge in [-0.25, -0.2) is 0 Å². The number of hydrogen-bond acceptors (Lipinski definition) is 5. The minimum atomic E-state index is -3.83. The van der Waals surface area contributed by atoms with Gasteiger partial charge in [0.15, 0.2) is 0 Å². The fourth-order valence-electron chi connectivity index (χ4n) is 2.50. The normalized spacial score (nSPS) is 16.8. The van der Waals surface area contributed by atoms with Crippen LogP contribution in [0.5, 0.6) is 0 Å². The van der Waals surface area contributed by atoms with Gasteiger partial charge in [0, 0.05) is 29.3 Å². The van der Waals surface area contributed by atoms with Crippen LogP contribution in [0, 0.1) is 0 Å². The Labute approximate surface area is 161 Å². The third-order valence-electron chi connectivity index (χ3n) is 4.10. The van der Waals surface area contributed by atoms with Crippen molar-refractivity contribution in [3.8, 4) is 0 Å². The van der Waals surface area contributed by atoms with Crippen LogP contribution in [0.2, 0.25) is 0 Å². The highest BCUT2D eigenvalue weighted by Crippen LogP contribution is 2.47. The Morgan fingerprint density at radius 1 is 1.41 bits per heavy atom. The summed E-state index contributed by atoms with van der Waals surface area (Å²) in [5.41, 5.74) is 0.853. The van der Waals surface area contributed by atoms with Crippen LogP contribution >= 0.6 is 7.37 Å². The first-order chi connectivity index (χ1) is 12.5. The molecule has 3 atom stereocenters. The van der Waals surface area contributed by atoms with Gasteiger partial charge in [-0.3, -0.25) is 14.0 Å². The fraction of sp³-hybridized carbons (Fsp3) is 0.529. The van der Waals surface area contributed by atoms with Crippen molar-refractivity contribution >= 4 is 35.6 Å². The molecule has 0 aliphatic carbocycles. The van der Waals surface area contributed by atoms with E-state index in [1.54, 1.807) is 31.6 Å². The Kier molecular flexibility index (Phi) is 7.10. The second kappa shape index (κ2) is 8.75. The number of rotatable bonds is 9. The summed E-state index contributed by atoms with van der Waals surface area (Å²) in [5.74, 6) is -2.13. The third kappa shape index (κ3) is 6.05. The molecule has 3 N–H and O–H groups in total. The second-order valence-electron chi connectivity index (χ2n) is 7.35. The largest absolute Gasteiger partial charge is 0.598 e. The van der Waals surface area contributed by atoms with Gasteiger partial charge >= 0.3 is 5.97 Å². The van der Waals surface area contributed by atoms with Crippen molar-refractivity contribution in [2.24, 2.45) is 0 Å². The summed E-state index contributed by atoms with van der Waals surface area (Å²) >= 11 is -1.59. The van der Waals surface area contributed by atoms with Crippen molar-refractivity contribution in [2.75, 3.05) is 6.16 Å². The van der Waals surface area contributed by atoms with E-state index in [0.717, 1.165) is 10.9 Å². The van der Waals surface area contributed by atoms with E-state index in [-0.39, 0.29) is 25.5 Å². The lowest BCUT2D eigenvalue weighted by molar-refractivity contribution is -0.137.